The highest BCUT2D eigenvalue weighted by Crippen LogP contribution is 2.20. The Balaban J connectivity index is 1.41. The fraction of sp³-hybridized carbons (Fsp3) is 0.500. The minimum Gasteiger partial charge on any atom is -0.356 e. The summed E-state index contributed by atoms with van der Waals surface area (Å²) in [6.45, 7) is 6.17. The third kappa shape index (κ3) is 5.33. The monoisotopic (exact) mass is 354 g/mol. The van der Waals surface area contributed by atoms with E-state index < -0.39 is 0 Å². The maximum Gasteiger partial charge on any atom is 0.191 e. The van der Waals surface area contributed by atoms with E-state index in [2.05, 4.69) is 62.9 Å². The lowest BCUT2D eigenvalue weighted by Gasteiger charge is -2.21. The number of benzene rings is 1. The number of nitrogens with one attached hydrogen (secondary N) is 2. The van der Waals surface area contributed by atoms with Crippen LogP contribution in [-0.4, -0.2) is 52.9 Å². The van der Waals surface area contributed by atoms with Gasteiger partial charge in [-0.2, -0.15) is 5.10 Å². The smallest absolute Gasteiger partial charge is 0.191 e. The maximum atomic E-state index is 4.37. The van der Waals surface area contributed by atoms with Crippen LogP contribution >= 0.6 is 0 Å². The fourth-order valence-corrected chi connectivity index (χ4v) is 3.51. The van der Waals surface area contributed by atoms with Gasteiger partial charge in [-0.3, -0.25) is 14.6 Å². The van der Waals surface area contributed by atoms with E-state index >= 15 is 0 Å². The van der Waals surface area contributed by atoms with Gasteiger partial charge in [-0.05, 0) is 31.4 Å². The zero-order valence-electron chi connectivity index (χ0n) is 15.8. The quantitative estimate of drug-likeness (QED) is 0.454. The molecule has 1 aromatic carbocycles. The van der Waals surface area contributed by atoms with E-state index in [1.807, 2.05) is 30.2 Å². The Bertz CT molecular complexity index is 667. The molecule has 0 spiro atoms. The molecule has 0 bridgehead atoms. The second-order valence-electron chi connectivity index (χ2n) is 6.96. The van der Waals surface area contributed by atoms with E-state index in [0.29, 0.717) is 12.1 Å². The molecule has 2 aromatic rings. The molecule has 140 valence electrons. The molecule has 0 saturated carbocycles. The molecule has 2 N–H and O–H groups in total. The standard InChI is InChI=1S/C20H30N6/c1-17-14-19(16-25(17)15-18-8-4-3-5-9-18)24-20(21-2)22-10-6-12-26-13-7-11-23-26/h3-5,7-9,11,13,17,19H,6,10,12,14-16H2,1-2H3,(H2,21,22,24). The first-order valence-electron chi connectivity index (χ1n) is 9.47. The first-order chi connectivity index (χ1) is 12.7. The minimum absolute atomic E-state index is 0.436. The van der Waals surface area contributed by atoms with Gasteiger partial charge in [0.05, 0.1) is 0 Å². The van der Waals surface area contributed by atoms with Crippen molar-refractivity contribution >= 4 is 5.96 Å². The molecule has 1 aliphatic rings. The highest BCUT2D eigenvalue weighted by atomic mass is 15.3. The van der Waals surface area contributed by atoms with Crippen LogP contribution in [0.3, 0.4) is 0 Å². The van der Waals surface area contributed by atoms with Gasteiger partial charge in [0, 0.05) is 57.7 Å². The average molecular weight is 355 g/mol. The second-order valence-corrected chi connectivity index (χ2v) is 6.96. The van der Waals surface area contributed by atoms with Crippen LogP contribution in [-0.2, 0) is 13.1 Å². The highest BCUT2D eigenvalue weighted by molar-refractivity contribution is 5.80. The Kier molecular flexibility index (Phi) is 6.66. The van der Waals surface area contributed by atoms with E-state index in [1.54, 1.807) is 0 Å². The number of hydrogen-bond donors (Lipinski definition) is 2. The molecular weight excluding hydrogens is 324 g/mol. The SMILES string of the molecule is CN=C(NCCCn1cccn1)NC1CC(C)N(Cc2ccccc2)C1. The van der Waals surface area contributed by atoms with Crippen molar-refractivity contribution in [1.82, 2.24) is 25.3 Å². The van der Waals surface area contributed by atoms with Gasteiger partial charge in [0.25, 0.3) is 0 Å². The van der Waals surface area contributed by atoms with E-state index in [-0.39, 0.29) is 0 Å². The average Bonchev–Trinajstić information content (AvgIpc) is 3.29. The number of likely N-dealkylation sites (tertiary alicyclic amines) is 1. The topological polar surface area (TPSA) is 57.5 Å². The third-order valence-electron chi connectivity index (χ3n) is 4.91. The normalized spacial score (nSPS) is 21.1. The highest BCUT2D eigenvalue weighted by Gasteiger charge is 2.29. The van der Waals surface area contributed by atoms with Crippen LogP contribution in [0, 0.1) is 0 Å². The molecule has 0 amide bonds. The van der Waals surface area contributed by atoms with Crippen molar-refractivity contribution in [3.8, 4) is 0 Å². The van der Waals surface area contributed by atoms with Gasteiger partial charge in [0.15, 0.2) is 5.96 Å². The summed E-state index contributed by atoms with van der Waals surface area (Å²) in [7, 11) is 1.84. The molecule has 1 saturated heterocycles. The van der Waals surface area contributed by atoms with E-state index in [0.717, 1.165) is 45.0 Å². The number of guanidine groups is 1. The second kappa shape index (κ2) is 9.38. The number of aromatic nitrogens is 2. The lowest BCUT2D eigenvalue weighted by Crippen LogP contribution is -2.44. The number of aryl methyl sites for hydroxylation is 1. The fourth-order valence-electron chi connectivity index (χ4n) is 3.51. The van der Waals surface area contributed by atoms with Crippen LogP contribution < -0.4 is 10.6 Å². The Hall–Kier alpha value is -2.34. The van der Waals surface area contributed by atoms with Crippen molar-refractivity contribution in [1.29, 1.82) is 0 Å². The molecule has 1 aromatic heterocycles. The summed E-state index contributed by atoms with van der Waals surface area (Å²) in [4.78, 5) is 6.91. The largest absolute Gasteiger partial charge is 0.356 e. The van der Waals surface area contributed by atoms with Crippen LogP contribution in [0.25, 0.3) is 0 Å². The van der Waals surface area contributed by atoms with Crippen molar-refractivity contribution in [2.45, 2.75) is 44.9 Å². The van der Waals surface area contributed by atoms with Crippen LogP contribution in [0.1, 0.15) is 25.3 Å². The summed E-state index contributed by atoms with van der Waals surface area (Å²) in [6.07, 6.45) is 5.97. The predicted octanol–water partition coefficient (Wildman–Crippen LogP) is 2.10. The Morgan fingerprint density at radius 1 is 1.27 bits per heavy atom. The summed E-state index contributed by atoms with van der Waals surface area (Å²) >= 11 is 0. The molecule has 2 unspecified atom stereocenters. The summed E-state index contributed by atoms with van der Waals surface area (Å²) in [5.41, 5.74) is 1.38. The van der Waals surface area contributed by atoms with Crippen molar-refractivity contribution in [3.05, 3.63) is 54.4 Å². The van der Waals surface area contributed by atoms with Gasteiger partial charge >= 0.3 is 0 Å². The molecule has 0 aliphatic carbocycles. The van der Waals surface area contributed by atoms with Gasteiger partial charge in [0.2, 0.25) is 0 Å². The van der Waals surface area contributed by atoms with Gasteiger partial charge in [-0.1, -0.05) is 30.3 Å². The van der Waals surface area contributed by atoms with Crippen molar-refractivity contribution in [3.63, 3.8) is 0 Å². The maximum absolute atomic E-state index is 4.37. The zero-order chi connectivity index (χ0) is 18.2. The van der Waals surface area contributed by atoms with Crippen LogP contribution in [0.4, 0.5) is 0 Å². The van der Waals surface area contributed by atoms with E-state index in [1.165, 1.54) is 5.56 Å². The van der Waals surface area contributed by atoms with Crippen molar-refractivity contribution in [2.75, 3.05) is 20.1 Å². The van der Waals surface area contributed by atoms with Crippen molar-refractivity contribution < 1.29 is 0 Å². The molecule has 3 rings (SSSR count). The van der Waals surface area contributed by atoms with Crippen LogP contribution in [0.15, 0.2) is 53.8 Å². The molecule has 0 radical (unpaired) electrons. The van der Waals surface area contributed by atoms with Gasteiger partial charge in [0.1, 0.15) is 0 Å². The molecule has 1 fully saturated rings. The molecule has 1 aliphatic heterocycles. The molecule has 6 heteroatoms. The van der Waals surface area contributed by atoms with E-state index in [9.17, 15) is 0 Å². The predicted molar refractivity (Wildman–Crippen MR) is 106 cm³/mol. The molecule has 26 heavy (non-hydrogen) atoms. The lowest BCUT2D eigenvalue weighted by atomic mass is 10.2. The summed E-state index contributed by atoms with van der Waals surface area (Å²) in [5.74, 6) is 0.893. The third-order valence-corrected chi connectivity index (χ3v) is 4.91. The lowest BCUT2D eigenvalue weighted by molar-refractivity contribution is 0.258. The van der Waals surface area contributed by atoms with Crippen LogP contribution in [0.5, 0.6) is 0 Å². The Morgan fingerprint density at radius 2 is 2.12 bits per heavy atom. The zero-order valence-corrected chi connectivity index (χ0v) is 15.8. The molecule has 6 nitrogen and oxygen atoms in total. The first kappa shape index (κ1) is 18.5. The van der Waals surface area contributed by atoms with Crippen LogP contribution in [0.2, 0.25) is 0 Å². The van der Waals surface area contributed by atoms with Gasteiger partial charge in [-0.25, -0.2) is 0 Å². The molecule has 2 heterocycles. The molecular formula is C20H30N6. The number of aliphatic imine (C=N–C) groups is 1. The Labute approximate surface area is 156 Å². The summed E-state index contributed by atoms with van der Waals surface area (Å²) in [5, 5.41) is 11.2. The number of hydrogen-bond acceptors (Lipinski definition) is 3. The first-order valence-corrected chi connectivity index (χ1v) is 9.47. The number of nitrogens with zero attached hydrogens (tertiary/aromatic N) is 4. The van der Waals surface area contributed by atoms with E-state index in [4.69, 9.17) is 0 Å². The van der Waals surface area contributed by atoms with Gasteiger partial charge in [-0.15, -0.1) is 0 Å². The molecule has 2 atom stereocenters. The summed E-state index contributed by atoms with van der Waals surface area (Å²) in [6, 6.07) is 13.7. The minimum atomic E-state index is 0.436. The summed E-state index contributed by atoms with van der Waals surface area (Å²) < 4.78 is 1.96. The van der Waals surface area contributed by atoms with Gasteiger partial charge < -0.3 is 10.6 Å². The number of rotatable bonds is 7. The Morgan fingerprint density at radius 3 is 2.85 bits per heavy atom. The van der Waals surface area contributed by atoms with Crippen molar-refractivity contribution in [2.24, 2.45) is 4.99 Å².